The van der Waals surface area contributed by atoms with Crippen LogP contribution in [-0.2, 0) is 4.79 Å². The van der Waals surface area contributed by atoms with Crippen molar-refractivity contribution in [3.63, 3.8) is 0 Å². The molecule has 0 aromatic carbocycles. The number of pyridine rings is 1. The summed E-state index contributed by atoms with van der Waals surface area (Å²) in [6, 6.07) is 1.39. The standard InChI is InChI=1S/C13H16BrN3O4/c1-8(2)13(12(18)19)3-4-16(7-13)11-10(14)5-9(6-15-11)17(20)21/h5-6,8H,3-4,7H2,1-2H3,(H,18,19). The Morgan fingerprint density at radius 1 is 1.62 bits per heavy atom. The summed E-state index contributed by atoms with van der Waals surface area (Å²) in [6.07, 6.45) is 1.72. The third-order valence-electron chi connectivity index (χ3n) is 4.15. The van der Waals surface area contributed by atoms with Crippen LogP contribution in [0.25, 0.3) is 0 Å². The van der Waals surface area contributed by atoms with Gasteiger partial charge in [-0.25, -0.2) is 4.98 Å². The summed E-state index contributed by atoms with van der Waals surface area (Å²) in [5.41, 5.74) is -0.902. The van der Waals surface area contributed by atoms with Gasteiger partial charge in [0, 0.05) is 19.2 Å². The van der Waals surface area contributed by atoms with Gasteiger partial charge < -0.3 is 10.0 Å². The van der Waals surface area contributed by atoms with Crippen LogP contribution in [-0.4, -0.2) is 34.1 Å². The zero-order valence-corrected chi connectivity index (χ0v) is 13.3. The first-order chi connectivity index (χ1) is 9.78. The van der Waals surface area contributed by atoms with Crippen molar-refractivity contribution in [2.75, 3.05) is 18.0 Å². The minimum Gasteiger partial charge on any atom is -0.481 e. The van der Waals surface area contributed by atoms with Gasteiger partial charge in [-0.15, -0.1) is 0 Å². The highest BCUT2D eigenvalue weighted by atomic mass is 79.9. The number of aliphatic carboxylic acids is 1. The molecule has 0 amide bonds. The number of hydrogen-bond donors (Lipinski definition) is 1. The number of carboxylic acids is 1. The third-order valence-corrected chi connectivity index (χ3v) is 4.73. The summed E-state index contributed by atoms with van der Waals surface area (Å²) < 4.78 is 0.502. The maximum absolute atomic E-state index is 11.6. The van der Waals surface area contributed by atoms with Crippen LogP contribution >= 0.6 is 15.9 Å². The first-order valence-corrected chi connectivity index (χ1v) is 7.35. The molecule has 1 aromatic heterocycles. The molecule has 0 aliphatic carbocycles. The summed E-state index contributed by atoms with van der Waals surface area (Å²) in [5.74, 6) is -0.265. The molecule has 2 heterocycles. The van der Waals surface area contributed by atoms with Crippen LogP contribution in [0.15, 0.2) is 16.7 Å². The molecule has 0 spiro atoms. The minimum atomic E-state index is -0.807. The summed E-state index contributed by atoms with van der Waals surface area (Å²) in [7, 11) is 0. The number of nitrogens with zero attached hydrogens (tertiary/aromatic N) is 3. The largest absolute Gasteiger partial charge is 0.481 e. The first-order valence-electron chi connectivity index (χ1n) is 6.56. The van der Waals surface area contributed by atoms with Crippen molar-refractivity contribution in [1.29, 1.82) is 0 Å². The fourth-order valence-corrected chi connectivity index (χ4v) is 3.25. The highest BCUT2D eigenvalue weighted by Gasteiger charge is 2.47. The third kappa shape index (κ3) is 2.72. The number of halogens is 1. The second-order valence-corrected chi connectivity index (χ2v) is 6.40. The Hall–Kier alpha value is -1.70. The van der Waals surface area contributed by atoms with Gasteiger partial charge in [0.15, 0.2) is 0 Å². The topological polar surface area (TPSA) is 96.6 Å². The van der Waals surface area contributed by atoms with Gasteiger partial charge in [0.25, 0.3) is 5.69 Å². The second kappa shape index (κ2) is 5.59. The van der Waals surface area contributed by atoms with E-state index >= 15 is 0 Å². The Balaban J connectivity index is 2.29. The van der Waals surface area contributed by atoms with Crippen molar-refractivity contribution in [1.82, 2.24) is 4.98 Å². The maximum Gasteiger partial charge on any atom is 0.311 e. The Bertz CT molecular complexity index is 593. The summed E-state index contributed by atoms with van der Waals surface area (Å²) in [5, 5.41) is 20.3. The van der Waals surface area contributed by atoms with Crippen LogP contribution in [0.4, 0.5) is 11.5 Å². The quantitative estimate of drug-likeness (QED) is 0.657. The number of hydrogen-bond acceptors (Lipinski definition) is 5. The van der Waals surface area contributed by atoms with Gasteiger partial charge in [0.1, 0.15) is 12.0 Å². The number of aromatic nitrogens is 1. The fraction of sp³-hybridized carbons (Fsp3) is 0.538. The maximum atomic E-state index is 11.6. The number of carbonyl (C=O) groups is 1. The molecule has 21 heavy (non-hydrogen) atoms. The molecule has 0 bridgehead atoms. The predicted octanol–water partition coefficient (Wildman–Crippen LogP) is 2.69. The molecule has 114 valence electrons. The Labute approximate surface area is 130 Å². The molecule has 1 atom stereocenters. The molecule has 1 N–H and O–H groups in total. The monoisotopic (exact) mass is 357 g/mol. The second-order valence-electron chi connectivity index (χ2n) is 5.54. The van der Waals surface area contributed by atoms with Gasteiger partial charge in [-0.3, -0.25) is 14.9 Å². The number of rotatable bonds is 4. The summed E-state index contributed by atoms with van der Waals surface area (Å²) in [6.45, 7) is 4.71. The molecule has 1 saturated heterocycles. The van der Waals surface area contributed by atoms with Crippen LogP contribution in [0.5, 0.6) is 0 Å². The molecule has 0 saturated carbocycles. The van der Waals surface area contributed by atoms with E-state index in [9.17, 15) is 20.0 Å². The Morgan fingerprint density at radius 3 is 2.71 bits per heavy atom. The predicted molar refractivity (Wildman–Crippen MR) is 80.3 cm³/mol. The lowest BCUT2D eigenvalue weighted by Crippen LogP contribution is -2.39. The number of nitro groups is 1. The van der Waals surface area contributed by atoms with Crippen LogP contribution in [0.2, 0.25) is 0 Å². The normalized spacial score (nSPS) is 21.8. The van der Waals surface area contributed by atoms with E-state index in [2.05, 4.69) is 20.9 Å². The van der Waals surface area contributed by atoms with Gasteiger partial charge in [-0.1, -0.05) is 13.8 Å². The molecule has 1 unspecified atom stereocenters. The summed E-state index contributed by atoms with van der Waals surface area (Å²) >= 11 is 3.28. The van der Waals surface area contributed by atoms with E-state index in [1.54, 1.807) is 0 Å². The van der Waals surface area contributed by atoms with Gasteiger partial charge in [-0.2, -0.15) is 0 Å². The van der Waals surface area contributed by atoms with Crippen molar-refractivity contribution in [3.8, 4) is 0 Å². The van der Waals surface area contributed by atoms with E-state index in [0.29, 0.717) is 29.8 Å². The molecule has 1 aromatic rings. The smallest absolute Gasteiger partial charge is 0.311 e. The van der Waals surface area contributed by atoms with E-state index < -0.39 is 16.3 Å². The van der Waals surface area contributed by atoms with Crippen molar-refractivity contribution in [2.24, 2.45) is 11.3 Å². The average molecular weight is 358 g/mol. The molecular weight excluding hydrogens is 342 g/mol. The van der Waals surface area contributed by atoms with Crippen molar-refractivity contribution < 1.29 is 14.8 Å². The van der Waals surface area contributed by atoms with E-state index in [1.165, 1.54) is 12.3 Å². The molecule has 0 radical (unpaired) electrons. The molecule has 2 rings (SSSR count). The highest BCUT2D eigenvalue weighted by molar-refractivity contribution is 9.10. The van der Waals surface area contributed by atoms with Gasteiger partial charge >= 0.3 is 5.97 Å². The van der Waals surface area contributed by atoms with Crippen LogP contribution in [0.1, 0.15) is 20.3 Å². The van der Waals surface area contributed by atoms with Gasteiger partial charge in [0.2, 0.25) is 0 Å². The highest BCUT2D eigenvalue weighted by Crippen LogP contribution is 2.41. The molecule has 7 nitrogen and oxygen atoms in total. The number of anilines is 1. The lowest BCUT2D eigenvalue weighted by molar-refractivity contribution is -0.385. The zero-order valence-electron chi connectivity index (χ0n) is 11.7. The molecule has 1 fully saturated rings. The van der Waals surface area contributed by atoms with E-state index in [4.69, 9.17) is 0 Å². The first kappa shape index (κ1) is 15.7. The Morgan fingerprint density at radius 2 is 2.29 bits per heavy atom. The van der Waals surface area contributed by atoms with Crippen LogP contribution in [0.3, 0.4) is 0 Å². The van der Waals surface area contributed by atoms with Crippen LogP contribution < -0.4 is 4.90 Å². The van der Waals surface area contributed by atoms with Crippen molar-refractivity contribution in [2.45, 2.75) is 20.3 Å². The zero-order chi connectivity index (χ0) is 15.8. The lowest BCUT2D eigenvalue weighted by Gasteiger charge is -2.29. The van der Waals surface area contributed by atoms with Crippen LogP contribution in [0, 0.1) is 21.4 Å². The molecule has 1 aliphatic rings. The molecular formula is C13H16BrN3O4. The van der Waals surface area contributed by atoms with Crippen molar-refractivity contribution in [3.05, 3.63) is 26.9 Å². The van der Waals surface area contributed by atoms with Gasteiger partial charge in [0.05, 0.1) is 14.8 Å². The fourth-order valence-electron chi connectivity index (χ4n) is 2.66. The Kier molecular flexibility index (Phi) is 4.18. The van der Waals surface area contributed by atoms with E-state index in [1.807, 2.05) is 18.7 Å². The van der Waals surface area contributed by atoms with E-state index in [0.717, 1.165) is 0 Å². The van der Waals surface area contributed by atoms with E-state index in [-0.39, 0.29) is 11.6 Å². The molecule has 1 aliphatic heterocycles. The molecule has 8 heteroatoms. The lowest BCUT2D eigenvalue weighted by atomic mass is 9.76. The summed E-state index contributed by atoms with van der Waals surface area (Å²) in [4.78, 5) is 27.8. The minimum absolute atomic E-state index is 0.00294. The van der Waals surface area contributed by atoms with Crippen molar-refractivity contribution >= 4 is 33.4 Å². The average Bonchev–Trinajstić information content (AvgIpc) is 2.84. The van der Waals surface area contributed by atoms with Gasteiger partial charge in [-0.05, 0) is 28.3 Å². The SMILES string of the molecule is CC(C)C1(C(=O)O)CCN(c2ncc([N+](=O)[O-])cc2Br)C1. The number of carboxylic acid groups (broad SMARTS) is 1.